The number of aliphatic hydroxyl groups is 1. The molecule has 0 aliphatic rings. The van der Waals surface area contributed by atoms with Crippen LogP contribution in [0.25, 0.3) is 0 Å². The molecule has 2 nitrogen and oxygen atoms in total. The van der Waals surface area contributed by atoms with Gasteiger partial charge in [0.05, 0.1) is 6.61 Å². The SMILES string of the molecule is Cn1ccc(CO)c1. The van der Waals surface area contributed by atoms with E-state index in [2.05, 4.69) is 0 Å². The zero-order valence-corrected chi connectivity index (χ0v) is 4.83. The molecule has 0 unspecified atom stereocenters. The lowest BCUT2D eigenvalue weighted by Crippen LogP contribution is -1.80. The summed E-state index contributed by atoms with van der Waals surface area (Å²) in [5.41, 5.74) is 0.965. The Morgan fingerprint density at radius 3 is 2.75 bits per heavy atom. The number of hydrogen-bond acceptors (Lipinski definition) is 1. The molecular formula is C6H9NO. The summed E-state index contributed by atoms with van der Waals surface area (Å²) in [6.07, 6.45) is 3.80. The van der Waals surface area contributed by atoms with Crippen LogP contribution in [0.3, 0.4) is 0 Å². The largest absolute Gasteiger partial charge is 0.392 e. The van der Waals surface area contributed by atoms with Crippen molar-refractivity contribution in [3.05, 3.63) is 24.0 Å². The monoisotopic (exact) mass is 111 g/mol. The topological polar surface area (TPSA) is 25.2 Å². The van der Waals surface area contributed by atoms with E-state index in [0.29, 0.717) is 0 Å². The second-order valence-electron chi connectivity index (χ2n) is 1.84. The van der Waals surface area contributed by atoms with Crippen LogP contribution >= 0.6 is 0 Å². The van der Waals surface area contributed by atoms with Crippen LogP contribution < -0.4 is 0 Å². The van der Waals surface area contributed by atoms with Crippen molar-refractivity contribution in [2.24, 2.45) is 7.05 Å². The number of aromatic nitrogens is 1. The predicted molar refractivity (Wildman–Crippen MR) is 31.3 cm³/mol. The molecule has 0 bridgehead atoms. The summed E-state index contributed by atoms with van der Waals surface area (Å²) in [4.78, 5) is 0. The normalized spacial score (nSPS) is 9.75. The van der Waals surface area contributed by atoms with Gasteiger partial charge in [0.2, 0.25) is 0 Å². The summed E-state index contributed by atoms with van der Waals surface area (Å²) in [5, 5.41) is 8.54. The summed E-state index contributed by atoms with van der Waals surface area (Å²) in [6, 6.07) is 1.89. The van der Waals surface area contributed by atoms with E-state index >= 15 is 0 Å². The zero-order valence-electron chi connectivity index (χ0n) is 4.83. The van der Waals surface area contributed by atoms with Crippen molar-refractivity contribution in [3.63, 3.8) is 0 Å². The Morgan fingerprint density at radius 1 is 1.75 bits per heavy atom. The van der Waals surface area contributed by atoms with Crippen LogP contribution in [0.4, 0.5) is 0 Å². The summed E-state index contributed by atoms with van der Waals surface area (Å²) >= 11 is 0. The third-order valence-electron chi connectivity index (χ3n) is 1.08. The highest BCUT2D eigenvalue weighted by molar-refractivity contribution is 5.07. The zero-order chi connectivity index (χ0) is 5.98. The van der Waals surface area contributed by atoms with E-state index in [0.717, 1.165) is 5.56 Å². The predicted octanol–water partition coefficient (Wildman–Crippen LogP) is 0.517. The molecule has 0 spiro atoms. The lowest BCUT2D eigenvalue weighted by atomic mass is 10.4. The minimum absolute atomic E-state index is 0.140. The molecule has 0 fully saturated rings. The van der Waals surface area contributed by atoms with E-state index in [4.69, 9.17) is 5.11 Å². The van der Waals surface area contributed by atoms with Crippen molar-refractivity contribution in [2.45, 2.75) is 6.61 Å². The van der Waals surface area contributed by atoms with Gasteiger partial charge in [-0.25, -0.2) is 0 Å². The lowest BCUT2D eigenvalue weighted by molar-refractivity contribution is 0.282. The van der Waals surface area contributed by atoms with Crippen molar-refractivity contribution in [1.29, 1.82) is 0 Å². The maximum absolute atomic E-state index is 8.54. The summed E-state index contributed by atoms with van der Waals surface area (Å²) in [6.45, 7) is 0.140. The fourth-order valence-electron chi connectivity index (χ4n) is 0.654. The summed E-state index contributed by atoms with van der Waals surface area (Å²) in [7, 11) is 1.93. The van der Waals surface area contributed by atoms with Gasteiger partial charge in [0, 0.05) is 19.4 Å². The number of aliphatic hydroxyl groups excluding tert-OH is 1. The van der Waals surface area contributed by atoms with Gasteiger partial charge in [-0.15, -0.1) is 0 Å². The molecule has 1 heterocycles. The molecule has 0 aromatic carbocycles. The summed E-state index contributed by atoms with van der Waals surface area (Å²) in [5.74, 6) is 0. The van der Waals surface area contributed by atoms with E-state index < -0.39 is 0 Å². The number of aryl methyl sites for hydroxylation is 1. The number of rotatable bonds is 1. The van der Waals surface area contributed by atoms with Gasteiger partial charge in [0.1, 0.15) is 0 Å². The first-order valence-corrected chi connectivity index (χ1v) is 2.54. The maximum Gasteiger partial charge on any atom is 0.0696 e. The lowest BCUT2D eigenvalue weighted by Gasteiger charge is -1.84. The molecule has 1 aromatic heterocycles. The molecule has 44 valence electrons. The van der Waals surface area contributed by atoms with Gasteiger partial charge in [-0.3, -0.25) is 0 Å². The highest BCUT2D eigenvalue weighted by atomic mass is 16.3. The van der Waals surface area contributed by atoms with Crippen molar-refractivity contribution < 1.29 is 5.11 Å². The Morgan fingerprint density at radius 2 is 2.50 bits per heavy atom. The molecule has 1 N–H and O–H groups in total. The smallest absolute Gasteiger partial charge is 0.0696 e. The van der Waals surface area contributed by atoms with E-state index in [-0.39, 0.29) is 6.61 Å². The first kappa shape index (κ1) is 5.38. The highest BCUT2D eigenvalue weighted by Gasteiger charge is 1.87. The number of hydrogen-bond donors (Lipinski definition) is 1. The van der Waals surface area contributed by atoms with Crippen molar-refractivity contribution in [1.82, 2.24) is 4.57 Å². The van der Waals surface area contributed by atoms with Gasteiger partial charge in [-0.2, -0.15) is 0 Å². The fourth-order valence-corrected chi connectivity index (χ4v) is 0.654. The van der Waals surface area contributed by atoms with Gasteiger partial charge in [-0.1, -0.05) is 0 Å². The van der Waals surface area contributed by atoms with Gasteiger partial charge >= 0.3 is 0 Å². The third-order valence-corrected chi connectivity index (χ3v) is 1.08. The Balaban J connectivity index is 2.84. The van der Waals surface area contributed by atoms with Crippen LogP contribution in [0.15, 0.2) is 18.5 Å². The van der Waals surface area contributed by atoms with Crippen molar-refractivity contribution in [3.8, 4) is 0 Å². The minimum atomic E-state index is 0.140. The van der Waals surface area contributed by atoms with Crippen LogP contribution in [-0.2, 0) is 13.7 Å². The van der Waals surface area contributed by atoms with Crippen LogP contribution in [0.2, 0.25) is 0 Å². The van der Waals surface area contributed by atoms with E-state index in [1.54, 1.807) is 0 Å². The second kappa shape index (κ2) is 2.01. The Labute approximate surface area is 48.4 Å². The first-order valence-electron chi connectivity index (χ1n) is 2.54. The maximum atomic E-state index is 8.54. The molecule has 0 saturated heterocycles. The van der Waals surface area contributed by atoms with Crippen LogP contribution in [0.5, 0.6) is 0 Å². The second-order valence-corrected chi connectivity index (χ2v) is 1.84. The molecule has 1 rings (SSSR count). The first-order chi connectivity index (χ1) is 3.83. The molecule has 0 radical (unpaired) electrons. The Kier molecular flexibility index (Phi) is 1.35. The van der Waals surface area contributed by atoms with Crippen LogP contribution in [0.1, 0.15) is 5.56 Å². The Bertz CT molecular complexity index is 169. The quantitative estimate of drug-likeness (QED) is 0.561. The van der Waals surface area contributed by atoms with Crippen molar-refractivity contribution >= 4 is 0 Å². The molecule has 2 heteroatoms. The van der Waals surface area contributed by atoms with Crippen molar-refractivity contribution in [2.75, 3.05) is 0 Å². The molecule has 0 amide bonds. The highest BCUT2D eigenvalue weighted by Crippen LogP contribution is 1.96. The van der Waals surface area contributed by atoms with Gasteiger partial charge < -0.3 is 9.67 Å². The average molecular weight is 111 g/mol. The summed E-state index contributed by atoms with van der Waals surface area (Å²) < 4.78 is 1.91. The fraction of sp³-hybridized carbons (Fsp3) is 0.333. The van der Waals surface area contributed by atoms with Gasteiger partial charge in [0.15, 0.2) is 0 Å². The van der Waals surface area contributed by atoms with E-state index in [9.17, 15) is 0 Å². The van der Waals surface area contributed by atoms with E-state index in [1.807, 2.05) is 30.1 Å². The minimum Gasteiger partial charge on any atom is -0.392 e. The molecule has 0 aliphatic heterocycles. The standard InChI is InChI=1S/C6H9NO/c1-7-3-2-6(4-7)5-8/h2-4,8H,5H2,1H3. The molecule has 1 aromatic rings. The molecule has 0 atom stereocenters. The van der Waals surface area contributed by atoms with Gasteiger partial charge in [0.25, 0.3) is 0 Å². The average Bonchev–Trinajstić information content (AvgIpc) is 2.14. The number of nitrogens with zero attached hydrogens (tertiary/aromatic N) is 1. The van der Waals surface area contributed by atoms with Crippen LogP contribution in [-0.4, -0.2) is 9.67 Å². The molecular weight excluding hydrogens is 102 g/mol. The third kappa shape index (κ3) is 0.898. The van der Waals surface area contributed by atoms with E-state index in [1.165, 1.54) is 0 Å². The molecule has 0 aliphatic carbocycles. The molecule has 0 saturated carbocycles. The molecule has 8 heavy (non-hydrogen) atoms. The van der Waals surface area contributed by atoms with Gasteiger partial charge in [-0.05, 0) is 11.6 Å². The van der Waals surface area contributed by atoms with Crippen LogP contribution in [0, 0.1) is 0 Å². The Hall–Kier alpha value is -0.760.